The van der Waals surface area contributed by atoms with E-state index in [4.69, 9.17) is 9.47 Å². The lowest BCUT2D eigenvalue weighted by Crippen LogP contribution is -2.49. The highest BCUT2D eigenvalue weighted by atomic mass is 16.5. The number of methoxy groups -OCH3 is 1. The first kappa shape index (κ1) is 26.2. The largest absolute Gasteiger partial charge is 0.491 e. The molecule has 0 fully saturated rings. The van der Waals surface area contributed by atoms with Crippen molar-refractivity contribution in [3.05, 3.63) is 53.9 Å². The Labute approximate surface area is 206 Å². The van der Waals surface area contributed by atoms with Crippen molar-refractivity contribution in [1.82, 2.24) is 14.8 Å². The number of likely N-dealkylation sites (N-methyl/N-ethyl adjacent to an activating group) is 1. The minimum absolute atomic E-state index is 0.0291. The van der Waals surface area contributed by atoms with Crippen molar-refractivity contribution >= 4 is 23.4 Å². The number of nitrogens with one attached hydrogen (secondary N) is 1. The zero-order chi connectivity index (χ0) is 25.5. The summed E-state index contributed by atoms with van der Waals surface area (Å²) in [6.07, 6.45) is 3.32. The van der Waals surface area contributed by atoms with Crippen LogP contribution in [0, 0.1) is 5.92 Å². The van der Waals surface area contributed by atoms with Crippen molar-refractivity contribution < 1.29 is 23.9 Å². The molecule has 1 aromatic heterocycles. The van der Waals surface area contributed by atoms with Crippen LogP contribution in [0.3, 0.4) is 0 Å². The monoisotopic (exact) mass is 482 g/mol. The molecule has 0 aliphatic carbocycles. The maximum Gasteiger partial charge on any atom is 0.257 e. The number of aromatic nitrogens is 1. The van der Waals surface area contributed by atoms with E-state index in [-0.39, 0.29) is 48.8 Å². The van der Waals surface area contributed by atoms with Gasteiger partial charge in [-0.3, -0.25) is 19.4 Å². The Morgan fingerprint density at radius 2 is 2.00 bits per heavy atom. The molecule has 3 amide bonds. The normalized spacial score (nSPS) is 21.3. The highest BCUT2D eigenvalue weighted by molar-refractivity contribution is 5.99. The van der Waals surface area contributed by atoms with Crippen molar-refractivity contribution in [3.8, 4) is 5.75 Å². The Hall–Kier alpha value is -3.46. The fourth-order valence-corrected chi connectivity index (χ4v) is 4.18. The first-order valence-electron chi connectivity index (χ1n) is 11.7. The van der Waals surface area contributed by atoms with Crippen LogP contribution >= 0.6 is 0 Å². The number of hydrogen-bond acceptors (Lipinski definition) is 6. The first-order valence-corrected chi connectivity index (χ1v) is 11.7. The molecule has 0 bridgehead atoms. The van der Waals surface area contributed by atoms with E-state index in [9.17, 15) is 14.4 Å². The lowest BCUT2D eigenvalue weighted by Gasteiger charge is -2.36. The molecule has 2 aromatic rings. The summed E-state index contributed by atoms with van der Waals surface area (Å²) in [5, 5.41) is 2.71. The molecular weight excluding hydrogens is 448 g/mol. The van der Waals surface area contributed by atoms with Crippen LogP contribution in [0.15, 0.2) is 42.7 Å². The number of pyridine rings is 1. The molecule has 188 valence electrons. The van der Waals surface area contributed by atoms with E-state index >= 15 is 0 Å². The maximum atomic E-state index is 13.3. The van der Waals surface area contributed by atoms with Crippen LogP contribution in [0.25, 0.3) is 0 Å². The van der Waals surface area contributed by atoms with Crippen molar-refractivity contribution in [2.75, 3.05) is 39.2 Å². The van der Waals surface area contributed by atoms with Crippen LogP contribution in [0.4, 0.5) is 5.69 Å². The van der Waals surface area contributed by atoms with Gasteiger partial charge in [0.15, 0.2) is 0 Å². The zero-order valence-electron chi connectivity index (χ0n) is 21.0. The average Bonchev–Trinajstić information content (AvgIpc) is 2.83. The minimum atomic E-state index is -0.285. The number of hydrogen-bond donors (Lipinski definition) is 1. The summed E-state index contributed by atoms with van der Waals surface area (Å²) in [4.78, 5) is 45.7. The molecule has 0 saturated carbocycles. The zero-order valence-corrected chi connectivity index (χ0v) is 21.0. The molecule has 35 heavy (non-hydrogen) atoms. The summed E-state index contributed by atoms with van der Waals surface area (Å²) in [5.41, 5.74) is 1.68. The van der Waals surface area contributed by atoms with Crippen LogP contribution in [0.2, 0.25) is 0 Å². The Kier molecular flexibility index (Phi) is 8.81. The molecule has 0 spiro atoms. The van der Waals surface area contributed by atoms with E-state index in [2.05, 4.69) is 10.3 Å². The fraction of sp³-hybridized carbons (Fsp3) is 0.462. The van der Waals surface area contributed by atoms with E-state index in [1.165, 1.54) is 6.92 Å². The van der Waals surface area contributed by atoms with Gasteiger partial charge in [-0.25, -0.2) is 0 Å². The maximum absolute atomic E-state index is 13.3. The number of anilines is 1. The molecule has 9 nitrogen and oxygen atoms in total. The van der Waals surface area contributed by atoms with E-state index in [0.29, 0.717) is 30.1 Å². The molecule has 3 atom stereocenters. The summed E-state index contributed by atoms with van der Waals surface area (Å²) >= 11 is 0. The van der Waals surface area contributed by atoms with Crippen LogP contribution in [-0.4, -0.2) is 78.5 Å². The Balaban J connectivity index is 1.94. The molecule has 3 rings (SSSR count). The molecule has 0 saturated heterocycles. The van der Waals surface area contributed by atoms with E-state index in [1.807, 2.05) is 30.9 Å². The van der Waals surface area contributed by atoms with Crippen LogP contribution in [0.5, 0.6) is 5.75 Å². The number of rotatable bonds is 4. The second kappa shape index (κ2) is 11.8. The van der Waals surface area contributed by atoms with Gasteiger partial charge in [-0.2, -0.15) is 0 Å². The van der Waals surface area contributed by atoms with Gasteiger partial charge in [-0.15, -0.1) is 0 Å². The number of carbonyl (C=O) groups excluding carboxylic acids is 3. The number of carbonyl (C=O) groups is 3. The Bertz CT molecular complexity index is 1050. The van der Waals surface area contributed by atoms with Gasteiger partial charge in [0.25, 0.3) is 5.91 Å². The van der Waals surface area contributed by atoms with Gasteiger partial charge < -0.3 is 24.6 Å². The number of ether oxygens (including phenoxy) is 2. The van der Waals surface area contributed by atoms with E-state index < -0.39 is 0 Å². The van der Waals surface area contributed by atoms with E-state index in [1.54, 1.807) is 49.7 Å². The third-order valence-electron chi connectivity index (χ3n) is 6.16. The average molecular weight is 483 g/mol. The standard InChI is InChI=1S/C26H34N4O5/c1-17-14-30(25(32)11-20-7-6-10-27-13-20)18(2)16-35-23-9-8-21(28-19(3)31)12-22(23)26(33)29(4)15-24(17)34-5/h6-10,12-13,17-18,24H,11,14-16H2,1-5H3,(H,28,31)/t17-,18-,24+/m1/s1. The summed E-state index contributed by atoms with van der Waals surface area (Å²) in [7, 11) is 3.32. The molecule has 1 aromatic carbocycles. The van der Waals surface area contributed by atoms with Crippen LogP contribution in [0.1, 0.15) is 36.7 Å². The number of nitrogens with zero attached hydrogens (tertiary/aromatic N) is 3. The number of benzene rings is 1. The smallest absolute Gasteiger partial charge is 0.257 e. The Morgan fingerprint density at radius 1 is 1.23 bits per heavy atom. The first-order chi connectivity index (χ1) is 16.7. The molecule has 1 N–H and O–H groups in total. The quantitative estimate of drug-likeness (QED) is 0.719. The summed E-state index contributed by atoms with van der Waals surface area (Å²) in [6, 6.07) is 8.41. The van der Waals surface area contributed by atoms with Crippen molar-refractivity contribution in [1.29, 1.82) is 0 Å². The number of amides is 3. The van der Waals surface area contributed by atoms with Gasteiger partial charge in [-0.05, 0) is 36.8 Å². The SMILES string of the molecule is CO[C@H]1CN(C)C(=O)c2cc(NC(C)=O)ccc2OC[C@@H](C)N(C(=O)Cc2cccnc2)C[C@H]1C. The van der Waals surface area contributed by atoms with Crippen molar-refractivity contribution in [3.63, 3.8) is 0 Å². The Morgan fingerprint density at radius 3 is 2.66 bits per heavy atom. The van der Waals surface area contributed by atoms with Gasteiger partial charge in [0.1, 0.15) is 12.4 Å². The second-order valence-corrected chi connectivity index (χ2v) is 9.07. The van der Waals surface area contributed by atoms with Crippen molar-refractivity contribution in [2.24, 2.45) is 5.92 Å². The van der Waals surface area contributed by atoms with Gasteiger partial charge in [0, 0.05) is 58.2 Å². The topological polar surface area (TPSA) is 101 Å². The predicted molar refractivity (Wildman–Crippen MR) is 132 cm³/mol. The van der Waals surface area contributed by atoms with Gasteiger partial charge in [0.2, 0.25) is 11.8 Å². The summed E-state index contributed by atoms with van der Waals surface area (Å²) in [5.74, 6) is -0.146. The highest BCUT2D eigenvalue weighted by Gasteiger charge is 2.30. The lowest BCUT2D eigenvalue weighted by atomic mass is 10.0. The third kappa shape index (κ3) is 6.79. The fourth-order valence-electron chi connectivity index (χ4n) is 4.18. The minimum Gasteiger partial charge on any atom is -0.491 e. The van der Waals surface area contributed by atoms with Gasteiger partial charge in [0.05, 0.1) is 24.1 Å². The third-order valence-corrected chi connectivity index (χ3v) is 6.16. The number of fused-ring (bicyclic) bond motifs is 1. The second-order valence-electron chi connectivity index (χ2n) is 9.07. The molecule has 0 unspecified atom stereocenters. The van der Waals surface area contributed by atoms with Gasteiger partial charge in [-0.1, -0.05) is 13.0 Å². The highest BCUT2D eigenvalue weighted by Crippen LogP contribution is 2.26. The van der Waals surface area contributed by atoms with E-state index in [0.717, 1.165) is 5.56 Å². The molecule has 2 heterocycles. The molecule has 0 radical (unpaired) electrons. The van der Waals surface area contributed by atoms with Gasteiger partial charge >= 0.3 is 0 Å². The molecule has 1 aliphatic heterocycles. The van der Waals surface area contributed by atoms with Crippen LogP contribution in [-0.2, 0) is 20.7 Å². The molecular formula is C26H34N4O5. The van der Waals surface area contributed by atoms with Crippen LogP contribution < -0.4 is 10.1 Å². The predicted octanol–water partition coefficient (Wildman–Crippen LogP) is 2.62. The lowest BCUT2D eigenvalue weighted by molar-refractivity contribution is -0.134. The summed E-state index contributed by atoms with van der Waals surface area (Å²) in [6.45, 7) is 6.34. The molecule has 1 aliphatic rings. The molecule has 9 heteroatoms. The summed E-state index contributed by atoms with van der Waals surface area (Å²) < 4.78 is 11.8. The van der Waals surface area contributed by atoms with Crippen molar-refractivity contribution in [2.45, 2.75) is 39.3 Å².